The Morgan fingerprint density at radius 2 is 1.97 bits per heavy atom. The molecule has 0 bridgehead atoms. The van der Waals surface area contributed by atoms with Crippen molar-refractivity contribution in [3.8, 4) is 17.2 Å². The van der Waals surface area contributed by atoms with Crippen LogP contribution >= 0.6 is 0 Å². The highest BCUT2D eigenvalue weighted by Gasteiger charge is 2.27. The molecule has 0 saturated carbocycles. The molecule has 5 nitrogen and oxygen atoms in total. The Hall–Kier alpha value is -3.21. The van der Waals surface area contributed by atoms with Crippen molar-refractivity contribution >= 4 is 28.0 Å². The fourth-order valence-corrected chi connectivity index (χ4v) is 3.67. The molecule has 3 aromatic rings. The minimum absolute atomic E-state index is 0.129. The summed E-state index contributed by atoms with van der Waals surface area (Å²) in [7, 11) is 1.58. The van der Waals surface area contributed by atoms with E-state index in [2.05, 4.69) is 0 Å². The predicted molar refractivity (Wildman–Crippen MR) is 115 cm³/mol. The van der Waals surface area contributed by atoms with Crippen LogP contribution in [-0.2, 0) is 6.42 Å². The van der Waals surface area contributed by atoms with Gasteiger partial charge in [0.05, 0.1) is 18.1 Å². The zero-order chi connectivity index (χ0) is 20.9. The normalized spacial score (nSPS) is 14.5. The lowest BCUT2D eigenvalue weighted by Gasteiger charge is -2.28. The first kappa shape index (κ1) is 19.1. The number of phenols is 1. The summed E-state index contributed by atoms with van der Waals surface area (Å²) >= 11 is 0. The van der Waals surface area contributed by atoms with E-state index in [9.17, 15) is 9.90 Å². The van der Waals surface area contributed by atoms with Crippen molar-refractivity contribution in [2.24, 2.45) is 0 Å². The minimum atomic E-state index is -0.505. The topological polar surface area (TPSA) is 68.9 Å². The van der Waals surface area contributed by atoms with Crippen LogP contribution < -0.4 is 14.9 Å². The second-order valence-electron chi connectivity index (χ2n) is 8.09. The Bertz CT molecular complexity index is 1250. The van der Waals surface area contributed by atoms with Gasteiger partial charge in [-0.25, -0.2) is 0 Å². The van der Waals surface area contributed by atoms with Gasteiger partial charge in [-0.15, -0.1) is 0 Å². The van der Waals surface area contributed by atoms with Crippen LogP contribution in [0.4, 0.5) is 0 Å². The Morgan fingerprint density at radius 3 is 2.66 bits per heavy atom. The average Bonchev–Trinajstić information content (AvgIpc) is 2.64. The van der Waals surface area contributed by atoms with Crippen LogP contribution in [0.1, 0.15) is 38.8 Å². The number of fused-ring (bicyclic) bond motifs is 3. The number of allylic oxidation sites excluding steroid dienone is 2. The number of hydrogen-bond acceptors (Lipinski definition) is 5. The lowest BCUT2D eigenvalue weighted by molar-refractivity contribution is 0.158. The summed E-state index contributed by atoms with van der Waals surface area (Å²) in [6, 6.07) is 5.20. The zero-order valence-corrected chi connectivity index (χ0v) is 17.3. The fourth-order valence-electron chi connectivity index (χ4n) is 3.67. The molecule has 5 heteroatoms. The smallest absolute Gasteiger partial charge is 0.204 e. The molecule has 0 spiro atoms. The predicted octanol–water partition coefficient (Wildman–Crippen LogP) is 5.35. The van der Waals surface area contributed by atoms with Gasteiger partial charge in [0, 0.05) is 11.6 Å². The largest absolute Gasteiger partial charge is 0.506 e. The maximum absolute atomic E-state index is 13.5. The van der Waals surface area contributed by atoms with Gasteiger partial charge in [0.25, 0.3) is 0 Å². The van der Waals surface area contributed by atoms with E-state index in [1.807, 2.05) is 39.8 Å². The monoisotopic (exact) mass is 392 g/mol. The lowest BCUT2D eigenvalue weighted by Crippen LogP contribution is -2.27. The zero-order valence-electron chi connectivity index (χ0n) is 17.3. The lowest BCUT2D eigenvalue weighted by atomic mass is 9.97. The first-order valence-corrected chi connectivity index (χ1v) is 9.56. The molecule has 1 aliphatic rings. The number of ether oxygens (including phenoxy) is 2. The molecule has 1 N–H and O–H groups in total. The molecular weight excluding hydrogens is 368 g/mol. The highest BCUT2D eigenvalue weighted by atomic mass is 16.5. The number of rotatable bonds is 3. The van der Waals surface area contributed by atoms with Gasteiger partial charge in [-0.1, -0.05) is 11.6 Å². The van der Waals surface area contributed by atoms with Crippen LogP contribution in [0.15, 0.2) is 45.1 Å². The first-order chi connectivity index (χ1) is 13.7. The minimum Gasteiger partial charge on any atom is -0.506 e. The Balaban J connectivity index is 2.09. The van der Waals surface area contributed by atoms with E-state index in [-0.39, 0.29) is 16.6 Å². The highest BCUT2D eigenvalue weighted by molar-refractivity contribution is 5.98. The molecule has 0 fully saturated rings. The molecule has 0 unspecified atom stereocenters. The Morgan fingerprint density at radius 1 is 1.21 bits per heavy atom. The summed E-state index contributed by atoms with van der Waals surface area (Å²) < 4.78 is 17.5. The molecule has 2 aromatic carbocycles. The van der Waals surface area contributed by atoms with E-state index in [0.717, 1.165) is 11.1 Å². The molecule has 1 aliphatic heterocycles. The third kappa shape index (κ3) is 3.16. The molecule has 0 radical (unpaired) electrons. The molecule has 0 saturated heterocycles. The van der Waals surface area contributed by atoms with Crippen molar-refractivity contribution in [1.29, 1.82) is 0 Å². The molecule has 1 aromatic heterocycles. The summed E-state index contributed by atoms with van der Waals surface area (Å²) in [5.41, 5.74) is 2.32. The van der Waals surface area contributed by atoms with E-state index in [1.54, 1.807) is 31.4 Å². The summed E-state index contributed by atoms with van der Waals surface area (Å²) in [5.74, 6) is 0.975. The van der Waals surface area contributed by atoms with Gasteiger partial charge < -0.3 is 19.0 Å². The molecule has 4 rings (SSSR count). The third-order valence-corrected chi connectivity index (χ3v) is 5.13. The number of hydrogen-bond donors (Lipinski definition) is 1. The Labute approximate surface area is 168 Å². The number of phenolic OH excluding ortho intramolecular Hbond substituents is 1. The van der Waals surface area contributed by atoms with E-state index < -0.39 is 5.60 Å². The van der Waals surface area contributed by atoms with Crippen LogP contribution in [0.3, 0.4) is 0 Å². The van der Waals surface area contributed by atoms with E-state index in [4.69, 9.17) is 13.9 Å². The van der Waals surface area contributed by atoms with Crippen LogP contribution in [-0.4, -0.2) is 17.8 Å². The summed E-state index contributed by atoms with van der Waals surface area (Å²) in [6.45, 7) is 7.85. The molecule has 150 valence electrons. The summed E-state index contributed by atoms with van der Waals surface area (Å²) in [6.07, 6.45) is 6.20. The first-order valence-electron chi connectivity index (χ1n) is 9.56. The van der Waals surface area contributed by atoms with E-state index in [0.29, 0.717) is 40.0 Å². The van der Waals surface area contributed by atoms with Gasteiger partial charge in [0.15, 0.2) is 0 Å². The van der Waals surface area contributed by atoms with Crippen LogP contribution in [0.5, 0.6) is 17.2 Å². The van der Waals surface area contributed by atoms with Gasteiger partial charge in [-0.2, -0.15) is 0 Å². The highest BCUT2D eigenvalue weighted by Crippen LogP contribution is 2.41. The third-order valence-electron chi connectivity index (χ3n) is 5.13. The second kappa shape index (κ2) is 6.69. The maximum Gasteiger partial charge on any atom is 0.204 e. The second-order valence-corrected chi connectivity index (χ2v) is 8.09. The SMILES string of the molecule is COc1ccc2oc3cc4c(c(O)c3c(=O)c2c1CC=C(C)C)C=CC(C)(C)O4. The molecule has 0 amide bonds. The van der Waals surface area contributed by atoms with Crippen molar-refractivity contribution in [2.45, 2.75) is 39.7 Å². The average molecular weight is 392 g/mol. The van der Waals surface area contributed by atoms with Gasteiger partial charge in [-0.3, -0.25) is 4.79 Å². The quantitative estimate of drug-likeness (QED) is 0.480. The summed E-state index contributed by atoms with van der Waals surface area (Å²) in [5, 5.41) is 11.5. The molecule has 0 aliphatic carbocycles. The molecule has 29 heavy (non-hydrogen) atoms. The van der Waals surface area contributed by atoms with Crippen LogP contribution in [0, 0.1) is 0 Å². The van der Waals surface area contributed by atoms with Crippen LogP contribution in [0.25, 0.3) is 28.0 Å². The summed E-state index contributed by atoms with van der Waals surface area (Å²) in [4.78, 5) is 13.5. The number of benzene rings is 2. The van der Waals surface area contributed by atoms with Gasteiger partial charge >= 0.3 is 0 Å². The molecule has 0 atom stereocenters. The Kier molecular flexibility index (Phi) is 4.41. The molecular formula is C24H24O5. The van der Waals surface area contributed by atoms with Crippen molar-refractivity contribution in [2.75, 3.05) is 7.11 Å². The molecule has 2 heterocycles. The fraction of sp³-hybridized carbons (Fsp3) is 0.292. The van der Waals surface area contributed by atoms with Gasteiger partial charge in [0.2, 0.25) is 5.43 Å². The van der Waals surface area contributed by atoms with Crippen molar-refractivity contribution < 1.29 is 19.0 Å². The van der Waals surface area contributed by atoms with Crippen molar-refractivity contribution in [1.82, 2.24) is 0 Å². The van der Waals surface area contributed by atoms with E-state index in [1.165, 1.54) is 0 Å². The number of methoxy groups -OCH3 is 1. The van der Waals surface area contributed by atoms with Crippen LogP contribution in [0.2, 0.25) is 0 Å². The standard InChI is InChI=1S/C24H24O5/c1-13(2)6-7-14-16(27-5)8-9-17-20(14)23(26)21-19(28-17)12-18-15(22(21)25)10-11-24(3,4)29-18/h6,8-12,25H,7H2,1-5H3. The maximum atomic E-state index is 13.5. The number of aromatic hydroxyl groups is 1. The van der Waals surface area contributed by atoms with Gasteiger partial charge in [0.1, 0.15) is 39.4 Å². The van der Waals surface area contributed by atoms with Gasteiger partial charge in [-0.05, 0) is 58.4 Å². The van der Waals surface area contributed by atoms with Crippen molar-refractivity contribution in [3.05, 3.63) is 57.3 Å². The van der Waals surface area contributed by atoms with Crippen molar-refractivity contribution in [3.63, 3.8) is 0 Å². The van der Waals surface area contributed by atoms with E-state index >= 15 is 0 Å².